The van der Waals surface area contributed by atoms with Gasteiger partial charge in [0.05, 0.1) is 35.9 Å². The van der Waals surface area contributed by atoms with Crippen molar-refractivity contribution in [1.29, 1.82) is 0 Å². The highest BCUT2D eigenvalue weighted by atomic mass is 19.4. The molecule has 35 heavy (non-hydrogen) atoms. The molecule has 0 radical (unpaired) electrons. The molecule has 188 valence electrons. The summed E-state index contributed by atoms with van der Waals surface area (Å²) in [5, 5.41) is 2.60. The van der Waals surface area contributed by atoms with E-state index < -0.39 is 23.2 Å². The van der Waals surface area contributed by atoms with Gasteiger partial charge in [0.25, 0.3) is 5.91 Å². The minimum atomic E-state index is -4.67. The fourth-order valence-corrected chi connectivity index (χ4v) is 3.57. The maximum absolute atomic E-state index is 13.0. The molecule has 0 saturated heterocycles. The molecule has 0 aliphatic carbocycles. The summed E-state index contributed by atoms with van der Waals surface area (Å²) >= 11 is 0. The van der Waals surface area contributed by atoms with E-state index >= 15 is 0 Å². The number of methoxy groups -OCH3 is 1. The van der Waals surface area contributed by atoms with E-state index in [0.29, 0.717) is 42.1 Å². The number of rotatable bonds is 8. The van der Waals surface area contributed by atoms with E-state index in [1.807, 2.05) is 4.57 Å². The summed E-state index contributed by atoms with van der Waals surface area (Å²) in [5.41, 5.74) is -0.674. The number of alkyl halides is 3. The second-order valence-electron chi connectivity index (χ2n) is 8.59. The van der Waals surface area contributed by atoms with E-state index in [0.717, 1.165) is 12.1 Å². The van der Waals surface area contributed by atoms with Crippen LogP contribution in [0.25, 0.3) is 11.0 Å². The molecule has 0 atom stereocenters. The summed E-state index contributed by atoms with van der Waals surface area (Å²) in [5.74, 6) is -0.0935. The average molecular weight is 492 g/mol. The van der Waals surface area contributed by atoms with Crippen LogP contribution in [0.15, 0.2) is 30.3 Å². The van der Waals surface area contributed by atoms with Crippen molar-refractivity contribution in [3.8, 4) is 5.75 Å². The molecular formula is C24H27F3N4O4. The molecule has 11 heteroatoms. The Morgan fingerprint density at radius 3 is 2.49 bits per heavy atom. The number of benzene rings is 1. The lowest BCUT2D eigenvalue weighted by atomic mass is 9.88. The third-order valence-corrected chi connectivity index (χ3v) is 5.61. The van der Waals surface area contributed by atoms with Crippen LogP contribution in [0.1, 0.15) is 49.2 Å². The van der Waals surface area contributed by atoms with Crippen LogP contribution in [-0.4, -0.2) is 40.1 Å². The van der Waals surface area contributed by atoms with Gasteiger partial charge in [-0.2, -0.15) is 13.2 Å². The van der Waals surface area contributed by atoms with Crippen LogP contribution in [0, 0.1) is 5.41 Å². The fraction of sp³-hybridized carbons (Fsp3) is 0.417. The van der Waals surface area contributed by atoms with Crippen molar-refractivity contribution in [2.24, 2.45) is 12.5 Å². The number of aromatic nitrogens is 3. The molecule has 2 heterocycles. The zero-order chi connectivity index (χ0) is 26.0. The maximum Gasteiger partial charge on any atom is 0.433 e. The Kier molecular flexibility index (Phi) is 7.37. The van der Waals surface area contributed by atoms with Crippen molar-refractivity contribution < 1.29 is 32.2 Å². The summed E-state index contributed by atoms with van der Waals surface area (Å²) in [6, 6.07) is 6.43. The Hall–Kier alpha value is -3.63. The van der Waals surface area contributed by atoms with Crippen molar-refractivity contribution in [3.05, 3.63) is 47.5 Å². The predicted octanol–water partition coefficient (Wildman–Crippen LogP) is 4.77. The molecule has 3 aromatic rings. The SMILES string of the molecule is CCOc1cc2nc(CCC(C)(C)C(=O)OC)n(C)c2cc1NC(=O)c1cccc(C(F)(F)F)n1. The number of hydrogen-bond donors (Lipinski definition) is 1. The van der Waals surface area contributed by atoms with Crippen molar-refractivity contribution in [2.75, 3.05) is 19.0 Å². The highest BCUT2D eigenvalue weighted by Gasteiger charge is 2.33. The normalized spacial score (nSPS) is 12.0. The summed E-state index contributed by atoms with van der Waals surface area (Å²) in [4.78, 5) is 32.8. The van der Waals surface area contributed by atoms with Crippen molar-refractivity contribution >= 4 is 28.6 Å². The van der Waals surface area contributed by atoms with E-state index in [-0.39, 0.29) is 17.4 Å². The number of nitrogens with zero attached hydrogens (tertiary/aromatic N) is 3. The average Bonchev–Trinajstić information content (AvgIpc) is 3.11. The molecule has 1 amide bonds. The molecule has 0 spiro atoms. The molecule has 0 aliphatic heterocycles. The van der Waals surface area contributed by atoms with E-state index in [1.165, 1.54) is 13.2 Å². The molecule has 1 aromatic carbocycles. The van der Waals surface area contributed by atoms with Gasteiger partial charge in [0.1, 0.15) is 23.0 Å². The zero-order valence-electron chi connectivity index (χ0n) is 20.1. The second-order valence-corrected chi connectivity index (χ2v) is 8.59. The number of carbonyl (C=O) groups excluding carboxylic acids is 2. The molecule has 1 N–H and O–H groups in total. The van der Waals surface area contributed by atoms with Crippen LogP contribution in [0.4, 0.5) is 18.9 Å². The van der Waals surface area contributed by atoms with Gasteiger partial charge in [-0.25, -0.2) is 9.97 Å². The van der Waals surface area contributed by atoms with Gasteiger partial charge in [0.2, 0.25) is 0 Å². The van der Waals surface area contributed by atoms with Gasteiger partial charge in [-0.3, -0.25) is 9.59 Å². The highest BCUT2D eigenvalue weighted by molar-refractivity contribution is 6.04. The smallest absolute Gasteiger partial charge is 0.433 e. The maximum atomic E-state index is 13.0. The highest BCUT2D eigenvalue weighted by Crippen LogP contribution is 2.33. The number of imidazole rings is 1. The number of ether oxygens (including phenoxy) is 2. The van der Waals surface area contributed by atoms with Crippen LogP contribution in [0.5, 0.6) is 5.75 Å². The Morgan fingerprint density at radius 1 is 1.14 bits per heavy atom. The molecular weight excluding hydrogens is 465 g/mol. The van der Waals surface area contributed by atoms with Crippen LogP contribution in [0.2, 0.25) is 0 Å². The molecule has 0 saturated carbocycles. The third kappa shape index (κ3) is 5.72. The van der Waals surface area contributed by atoms with E-state index in [9.17, 15) is 22.8 Å². The van der Waals surface area contributed by atoms with E-state index in [2.05, 4.69) is 15.3 Å². The minimum absolute atomic E-state index is 0.271. The standard InChI is InChI=1S/C24H27F3N4O4/c1-6-35-18-13-15-17(31(4)20(29-15)10-11-23(2,3)22(33)34-5)12-16(18)30-21(32)14-8-7-9-19(28-14)24(25,26)27/h7-9,12-13H,6,10-11H2,1-5H3,(H,30,32). The Labute approximate surface area is 200 Å². The van der Waals surface area contributed by atoms with Gasteiger partial charge >= 0.3 is 12.1 Å². The molecule has 0 fully saturated rings. The summed E-state index contributed by atoms with van der Waals surface area (Å²) in [7, 11) is 3.15. The number of amides is 1. The first-order valence-electron chi connectivity index (χ1n) is 10.9. The number of halogens is 3. The van der Waals surface area contributed by atoms with Crippen molar-refractivity contribution in [2.45, 2.75) is 39.8 Å². The number of pyridine rings is 1. The van der Waals surface area contributed by atoms with E-state index in [4.69, 9.17) is 9.47 Å². The van der Waals surface area contributed by atoms with Gasteiger partial charge < -0.3 is 19.4 Å². The fourth-order valence-electron chi connectivity index (χ4n) is 3.57. The zero-order valence-corrected chi connectivity index (χ0v) is 20.1. The first kappa shape index (κ1) is 26.0. The largest absolute Gasteiger partial charge is 0.492 e. The van der Waals surface area contributed by atoms with Gasteiger partial charge in [0.15, 0.2) is 0 Å². The molecule has 3 rings (SSSR count). The van der Waals surface area contributed by atoms with Crippen LogP contribution < -0.4 is 10.1 Å². The second kappa shape index (κ2) is 9.93. The quantitative estimate of drug-likeness (QED) is 0.455. The minimum Gasteiger partial charge on any atom is -0.492 e. The van der Waals surface area contributed by atoms with Crippen molar-refractivity contribution in [3.63, 3.8) is 0 Å². The Bertz CT molecular complexity index is 1250. The number of carbonyl (C=O) groups is 2. The summed E-state index contributed by atoms with van der Waals surface area (Å²) < 4.78 is 51.3. The van der Waals surface area contributed by atoms with Crippen molar-refractivity contribution in [1.82, 2.24) is 14.5 Å². The molecule has 0 unspecified atom stereocenters. The first-order chi connectivity index (χ1) is 16.4. The number of anilines is 1. The molecule has 8 nitrogen and oxygen atoms in total. The number of aryl methyl sites for hydroxylation is 2. The lowest BCUT2D eigenvalue weighted by molar-refractivity contribution is -0.151. The molecule has 0 aliphatic rings. The predicted molar refractivity (Wildman–Crippen MR) is 123 cm³/mol. The molecule has 0 bridgehead atoms. The summed E-state index contributed by atoms with van der Waals surface area (Å²) in [6.45, 7) is 5.65. The van der Waals surface area contributed by atoms with Gasteiger partial charge in [-0.1, -0.05) is 6.07 Å². The lowest BCUT2D eigenvalue weighted by Gasteiger charge is -2.20. The van der Waals surface area contributed by atoms with Crippen LogP contribution in [-0.2, 0) is 29.2 Å². The molecule has 2 aromatic heterocycles. The number of esters is 1. The Morgan fingerprint density at radius 2 is 1.86 bits per heavy atom. The topological polar surface area (TPSA) is 95.3 Å². The summed E-state index contributed by atoms with van der Waals surface area (Å²) in [6.07, 6.45) is -3.67. The van der Waals surface area contributed by atoms with Gasteiger partial charge in [0, 0.05) is 19.5 Å². The Balaban J connectivity index is 1.93. The monoisotopic (exact) mass is 492 g/mol. The number of hydrogen-bond acceptors (Lipinski definition) is 6. The first-order valence-corrected chi connectivity index (χ1v) is 10.9. The number of fused-ring (bicyclic) bond motifs is 1. The van der Waals surface area contributed by atoms with Crippen LogP contribution >= 0.6 is 0 Å². The van der Waals surface area contributed by atoms with Crippen LogP contribution in [0.3, 0.4) is 0 Å². The van der Waals surface area contributed by atoms with Gasteiger partial charge in [-0.15, -0.1) is 0 Å². The number of nitrogens with one attached hydrogen (secondary N) is 1. The van der Waals surface area contributed by atoms with Gasteiger partial charge in [-0.05, 0) is 45.4 Å². The lowest BCUT2D eigenvalue weighted by Crippen LogP contribution is -2.26. The van der Waals surface area contributed by atoms with E-state index in [1.54, 1.807) is 40.0 Å². The third-order valence-electron chi connectivity index (χ3n) is 5.61.